The number of carbonyl (C=O) groups excluding carboxylic acids is 6. The number of methoxy groups -OCH3 is 1. The zero-order valence-corrected chi connectivity index (χ0v) is 29.3. The van der Waals surface area contributed by atoms with E-state index in [9.17, 15) is 28.8 Å². The number of hydrogen-bond donors (Lipinski definition) is 1. The summed E-state index contributed by atoms with van der Waals surface area (Å²) in [6.07, 6.45) is -6.90. The van der Waals surface area contributed by atoms with Gasteiger partial charge in [0.25, 0.3) is 14.3 Å². The molecule has 0 aromatic carbocycles. The van der Waals surface area contributed by atoms with E-state index in [2.05, 4.69) is 5.32 Å². The Hall–Kier alpha value is -3.42. The molecule has 47 heavy (non-hydrogen) atoms. The maximum atomic E-state index is 13.8. The maximum Gasteiger partial charge on any atom is 0.367 e. The SMILES string of the molecule is COC(=O)[C@]1(OP(OCCC#N)N(C(C)C)C(C)C)C[C@H](OC(C)=O)[C@@H](NC(C)=O)[C@@H]([C@H](OC(C)=O)[C@@H](COC(C)=O)OC(C)=O)O1. The van der Waals surface area contributed by atoms with Crippen LogP contribution in [0.5, 0.6) is 0 Å². The molecule has 1 rings (SSSR count). The van der Waals surface area contributed by atoms with Crippen LogP contribution in [0.1, 0.15) is 75.2 Å². The second-order valence-electron chi connectivity index (χ2n) is 11.1. The van der Waals surface area contributed by atoms with Gasteiger partial charge >= 0.3 is 29.8 Å². The van der Waals surface area contributed by atoms with Gasteiger partial charge in [0.15, 0.2) is 12.2 Å². The van der Waals surface area contributed by atoms with Gasteiger partial charge in [-0.2, -0.15) is 5.26 Å². The molecule has 17 nitrogen and oxygen atoms in total. The third kappa shape index (κ3) is 13.0. The average Bonchev–Trinajstić information content (AvgIpc) is 2.93. The van der Waals surface area contributed by atoms with Crippen LogP contribution in [0.15, 0.2) is 0 Å². The fourth-order valence-electron chi connectivity index (χ4n) is 4.90. The van der Waals surface area contributed by atoms with Gasteiger partial charge in [-0.05, 0) is 27.7 Å². The molecular weight excluding hydrogens is 645 g/mol. The van der Waals surface area contributed by atoms with Gasteiger partial charge < -0.3 is 38.3 Å². The van der Waals surface area contributed by atoms with Crippen LogP contribution in [0, 0.1) is 11.3 Å². The molecule has 1 heterocycles. The van der Waals surface area contributed by atoms with Crippen LogP contribution < -0.4 is 5.32 Å². The molecule has 1 amide bonds. The Kier molecular flexibility index (Phi) is 17.2. The number of amides is 1. The van der Waals surface area contributed by atoms with Crippen LogP contribution in [-0.2, 0) is 66.2 Å². The molecule has 0 aliphatic carbocycles. The number of carbonyl (C=O) groups is 6. The highest BCUT2D eigenvalue weighted by molar-refractivity contribution is 7.44. The predicted molar refractivity (Wildman–Crippen MR) is 161 cm³/mol. The highest BCUT2D eigenvalue weighted by atomic mass is 31.2. The minimum absolute atomic E-state index is 0.0175. The van der Waals surface area contributed by atoms with E-state index < -0.39 is 93.6 Å². The lowest BCUT2D eigenvalue weighted by molar-refractivity contribution is -0.291. The Labute approximate surface area is 275 Å². The monoisotopic (exact) mass is 691 g/mol. The first kappa shape index (κ1) is 41.6. The molecule has 0 aromatic rings. The topological polar surface area (TPSA) is 215 Å². The third-order valence-corrected chi connectivity index (χ3v) is 8.54. The van der Waals surface area contributed by atoms with Crippen molar-refractivity contribution in [1.82, 2.24) is 9.99 Å². The van der Waals surface area contributed by atoms with Crippen LogP contribution >= 0.6 is 8.53 Å². The first-order valence-corrected chi connectivity index (χ1v) is 16.0. The van der Waals surface area contributed by atoms with Crippen LogP contribution in [0.3, 0.4) is 0 Å². The summed E-state index contributed by atoms with van der Waals surface area (Å²) in [6, 6.07) is 0.176. The number of rotatable bonds is 17. The van der Waals surface area contributed by atoms with Crippen molar-refractivity contribution >= 4 is 44.3 Å². The summed E-state index contributed by atoms with van der Waals surface area (Å²) in [6.45, 7) is 12.1. The lowest BCUT2D eigenvalue weighted by atomic mass is 9.88. The van der Waals surface area contributed by atoms with Crippen molar-refractivity contribution in [1.29, 1.82) is 5.26 Å². The van der Waals surface area contributed by atoms with Crippen LogP contribution in [0.25, 0.3) is 0 Å². The van der Waals surface area contributed by atoms with Gasteiger partial charge in [-0.1, -0.05) is 0 Å². The molecule has 1 fully saturated rings. The zero-order chi connectivity index (χ0) is 36.1. The van der Waals surface area contributed by atoms with E-state index in [1.807, 2.05) is 33.8 Å². The molecule has 1 N–H and O–H groups in total. The quantitative estimate of drug-likeness (QED) is 0.0996. The molecule has 0 saturated carbocycles. The molecule has 1 aliphatic heterocycles. The summed E-state index contributed by atoms with van der Waals surface area (Å²) < 4.78 is 47.3. The number of esters is 5. The molecule has 1 unspecified atom stereocenters. The number of ether oxygens (including phenoxy) is 6. The van der Waals surface area contributed by atoms with Crippen molar-refractivity contribution in [3.05, 3.63) is 0 Å². The lowest BCUT2D eigenvalue weighted by Gasteiger charge is -2.49. The molecule has 0 radical (unpaired) electrons. The van der Waals surface area contributed by atoms with E-state index in [0.29, 0.717) is 0 Å². The molecule has 0 bridgehead atoms. The number of nitriles is 1. The van der Waals surface area contributed by atoms with Gasteiger partial charge in [-0.25, -0.2) is 9.46 Å². The highest BCUT2D eigenvalue weighted by Gasteiger charge is 2.61. The lowest BCUT2D eigenvalue weighted by Crippen LogP contribution is -2.69. The third-order valence-electron chi connectivity index (χ3n) is 6.38. The fourth-order valence-corrected chi connectivity index (χ4v) is 6.63. The summed E-state index contributed by atoms with van der Waals surface area (Å²) in [4.78, 5) is 75.0. The Morgan fingerprint density at radius 2 is 1.55 bits per heavy atom. The van der Waals surface area contributed by atoms with E-state index in [1.54, 1.807) is 4.67 Å². The minimum atomic E-state index is -2.46. The van der Waals surface area contributed by atoms with Crippen molar-refractivity contribution in [3.63, 3.8) is 0 Å². The summed E-state index contributed by atoms with van der Waals surface area (Å²) in [5, 5.41) is 11.7. The van der Waals surface area contributed by atoms with Gasteiger partial charge in [0, 0.05) is 46.7 Å². The fraction of sp³-hybridized carbons (Fsp3) is 0.759. The van der Waals surface area contributed by atoms with Crippen molar-refractivity contribution in [2.24, 2.45) is 0 Å². The summed E-state index contributed by atoms with van der Waals surface area (Å²) >= 11 is 0. The van der Waals surface area contributed by atoms with Crippen molar-refractivity contribution in [2.45, 2.75) is 123 Å². The Bertz CT molecular complexity index is 1150. The van der Waals surface area contributed by atoms with Crippen LogP contribution in [0.4, 0.5) is 0 Å². The molecule has 7 atom stereocenters. The van der Waals surface area contributed by atoms with Crippen molar-refractivity contribution in [2.75, 3.05) is 20.3 Å². The Morgan fingerprint density at radius 1 is 0.957 bits per heavy atom. The summed E-state index contributed by atoms with van der Waals surface area (Å²) in [7, 11) is -1.17. The number of nitrogens with zero attached hydrogens (tertiary/aromatic N) is 2. The molecule has 0 spiro atoms. The summed E-state index contributed by atoms with van der Waals surface area (Å²) in [5.41, 5.74) is 0. The first-order chi connectivity index (χ1) is 21.9. The van der Waals surface area contributed by atoms with E-state index in [4.69, 9.17) is 42.7 Å². The zero-order valence-electron chi connectivity index (χ0n) is 28.4. The maximum absolute atomic E-state index is 13.8. The number of nitrogens with one attached hydrogen (secondary N) is 1. The Morgan fingerprint density at radius 3 is 2.00 bits per heavy atom. The van der Waals surface area contributed by atoms with Crippen LogP contribution in [-0.4, -0.2) is 109 Å². The number of hydrogen-bond acceptors (Lipinski definition) is 16. The molecular formula is C29H46N3O14P. The van der Waals surface area contributed by atoms with Gasteiger partial charge in [0.05, 0.1) is 38.7 Å². The second kappa shape index (κ2) is 19.4. The van der Waals surface area contributed by atoms with E-state index in [0.717, 1.165) is 41.7 Å². The first-order valence-electron chi connectivity index (χ1n) is 14.8. The van der Waals surface area contributed by atoms with Crippen LogP contribution in [0.2, 0.25) is 0 Å². The molecule has 266 valence electrons. The largest absolute Gasteiger partial charge is 0.465 e. The van der Waals surface area contributed by atoms with Crippen molar-refractivity contribution < 1.29 is 66.2 Å². The smallest absolute Gasteiger partial charge is 0.367 e. The molecule has 18 heteroatoms. The normalized spacial score (nSPS) is 22.8. The standard InChI is InChI=1S/C29H46N3O14P/c1-16(2)32(17(3)4)47(41-13-11-12-30)46-29(28(38)39-10)14-23(42-20(7)35)25(31-18(5)33)27(45-29)26(44-22(9)37)24(43-21(8)36)15-40-19(6)34/h16-17,23-27H,11,13-15H2,1-10H3,(H,31,33)/t23-,24+,25+,26+,27-,29+,47?/m0/s1. The van der Waals surface area contributed by atoms with Gasteiger partial charge in [-0.3, -0.25) is 28.5 Å². The molecule has 1 saturated heterocycles. The predicted octanol–water partition coefficient (Wildman–Crippen LogP) is 1.80. The van der Waals surface area contributed by atoms with Gasteiger partial charge in [0.2, 0.25) is 5.91 Å². The second-order valence-corrected chi connectivity index (χ2v) is 12.4. The minimum Gasteiger partial charge on any atom is -0.465 e. The van der Waals surface area contributed by atoms with Crippen molar-refractivity contribution in [3.8, 4) is 6.07 Å². The van der Waals surface area contributed by atoms with Gasteiger partial charge in [0.1, 0.15) is 18.8 Å². The van der Waals surface area contributed by atoms with E-state index in [1.165, 1.54) is 0 Å². The van der Waals surface area contributed by atoms with Gasteiger partial charge in [-0.15, -0.1) is 0 Å². The highest BCUT2D eigenvalue weighted by Crippen LogP contribution is 2.52. The van der Waals surface area contributed by atoms with E-state index in [-0.39, 0.29) is 25.1 Å². The van der Waals surface area contributed by atoms with E-state index >= 15 is 0 Å². The Balaban J connectivity index is 4.07. The molecule has 0 aromatic heterocycles. The average molecular weight is 692 g/mol. The summed E-state index contributed by atoms with van der Waals surface area (Å²) in [5.74, 6) is -7.57. The molecule has 1 aliphatic rings.